The highest BCUT2D eigenvalue weighted by atomic mass is 31.2. The smallest absolute Gasteiger partial charge is 0.303 e. The Morgan fingerprint density at radius 2 is 2.09 bits per heavy atom. The van der Waals surface area contributed by atoms with Gasteiger partial charge in [0.15, 0.2) is 0 Å². The summed E-state index contributed by atoms with van der Waals surface area (Å²) >= 11 is 0. The molecular weight excluding hydrogens is 167 g/mol. The van der Waals surface area contributed by atoms with Crippen molar-refractivity contribution in [1.82, 2.24) is 0 Å². The minimum Gasteiger partial charge on any atom is -0.303 e. The molecule has 5 heteroatoms. The summed E-state index contributed by atoms with van der Waals surface area (Å²) in [5.74, 6) is 0.496. The summed E-state index contributed by atoms with van der Waals surface area (Å²) in [5.41, 5.74) is 0. The topological polar surface area (TPSA) is 66.8 Å². The van der Waals surface area contributed by atoms with Gasteiger partial charge >= 0.3 is 7.82 Å². The fourth-order valence-corrected chi connectivity index (χ4v) is 0.851. The van der Waals surface area contributed by atoms with Crippen LogP contribution < -0.4 is 0 Å². The third-order valence-electron chi connectivity index (χ3n) is 0.999. The molecule has 1 radical (unpaired) electrons. The van der Waals surface area contributed by atoms with E-state index in [2.05, 4.69) is 4.52 Å². The Morgan fingerprint density at radius 3 is 2.45 bits per heavy atom. The van der Waals surface area contributed by atoms with Crippen molar-refractivity contribution in [3.05, 3.63) is 6.42 Å². The van der Waals surface area contributed by atoms with Crippen molar-refractivity contribution in [2.75, 3.05) is 6.61 Å². The van der Waals surface area contributed by atoms with Gasteiger partial charge in [0.05, 0.1) is 6.61 Å². The van der Waals surface area contributed by atoms with Crippen LogP contribution in [0.15, 0.2) is 0 Å². The van der Waals surface area contributed by atoms with Gasteiger partial charge in [0.25, 0.3) is 0 Å². The lowest BCUT2D eigenvalue weighted by Crippen LogP contribution is -1.96. The van der Waals surface area contributed by atoms with Crippen molar-refractivity contribution in [2.45, 2.75) is 20.3 Å². The van der Waals surface area contributed by atoms with Crippen LogP contribution in [0.4, 0.5) is 0 Å². The van der Waals surface area contributed by atoms with Gasteiger partial charge in [-0.1, -0.05) is 13.8 Å². The maximum absolute atomic E-state index is 10.1. The van der Waals surface area contributed by atoms with Crippen LogP contribution in [0, 0.1) is 12.3 Å². The standard InChI is InChI=1S/C6H14O4P/c1-6(2)4-3-5-10-11(7,8)9/h3,6H,4-5H2,1-2H3,(H2,7,8,9). The quantitative estimate of drug-likeness (QED) is 0.496. The molecule has 0 aliphatic heterocycles. The van der Waals surface area contributed by atoms with E-state index in [1.165, 1.54) is 0 Å². The van der Waals surface area contributed by atoms with Crippen molar-refractivity contribution < 1.29 is 18.9 Å². The summed E-state index contributed by atoms with van der Waals surface area (Å²) in [4.78, 5) is 16.5. The third kappa shape index (κ3) is 10.1. The predicted octanol–water partition coefficient (Wildman–Crippen LogP) is 1.35. The molecule has 0 amide bonds. The molecule has 0 spiro atoms. The first-order chi connectivity index (χ1) is 4.92. The molecular formula is C6H14O4P. The van der Waals surface area contributed by atoms with Gasteiger partial charge in [-0.2, -0.15) is 0 Å². The lowest BCUT2D eigenvalue weighted by Gasteiger charge is -2.05. The largest absolute Gasteiger partial charge is 0.469 e. The van der Waals surface area contributed by atoms with Gasteiger partial charge in [0.2, 0.25) is 0 Å². The molecule has 11 heavy (non-hydrogen) atoms. The molecule has 0 fully saturated rings. The number of rotatable bonds is 5. The van der Waals surface area contributed by atoms with Crippen LogP contribution in [-0.2, 0) is 9.09 Å². The normalized spacial score (nSPS) is 12.5. The Labute approximate surface area is 66.8 Å². The lowest BCUT2D eigenvalue weighted by molar-refractivity contribution is 0.208. The summed E-state index contributed by atoms with van der Waals surface area (Å²) in [6, 6.07) is 0. The molecule has 67 valence electrons. The van der Waals surface area contributed by atoms with E-state index < -0.39 is 7.82 Å². The van der Waals surface area contributed by atoms with Gasteiger partial charge in [-0.15, -0.1) is 0 Å². The second-order valence-electron chi connectivity index (χ2n) is 2.70. The summed E-state index contributed by atoms with van der Waals surface area (Å²) in [6.45, 7) is 4.06. The van der Waals surface area contributed by atoms with Gasteiger partial charge in [-0.05, 0) is 18.8 Å². The molecule has 0 aromatic rings. The van der Waals surface area contributed by atoms with E-state index in [4.69, 9.17) is 9.79 Å². The predicted molar refractivity (Wildman–Crippen MR) is 41.8 cm³/mol. The Bertz CT molecular complexity index is 140. The van der Waals surface area contributed by atoms with Gasteiger partial charge < -0.3 is 9.79 Å². The van der Waals surface area contributed by atoms with E-state index in [1.807, 2.05) is 13.8 Å². The fourth-order valence-electron chi connectivity index (χ4n) is 0.551. The number of phosphoric ester groups is 1. The summed E-state index contributed by atoms with van der Waals surface area (Å²) in [6.07, 6.45) is 2.52. The summed E-state index contributed by atoms with van der Waals surface area (Å²) in [7, 11) is -4.26. The molecule has 2 N–H and O–H groups in total. The van der Waals surface area contributed by atoms with Crippen LogP contribution in [0.1, 0.15) is 20.3 Å². The number of hydrogen-bond acceptors (Lipinski definition) is 2. The van der Waals surface area contributed by atoms with Gasteiger partial charge in [-0.3, -0.25) is 4.52 Å². The zero-order valence-electron chi connectivity index (χ0n) is 6.73. The Morgan fingerprint density at radius 1 is 1.55 bits per heavy atom. The van der Waals surface area contributed by atoms with Crippen LogP contribution in [0.2, 0.25) is 0 Å². The molecule has 0 aliphatic carbocycles. The van der Waals surface area contributed by atoms with Gasteiger partial charge in [0, 0.05) is 0 Å². The van der Waals surface area contributed by atoms with Crippen LogP contribution in [0.3, 0.4) is 0 Å². The van der Waals surface area contributed by atoms with E-state index >= 15 is 0 Å². The van der Waals surface area contributed by atoms with Crippen molar-refractivity contribution in [3.8, 4) is 0 Å². The lowest BCUT2D eigenvalue weighted by atomic mass is 10.1. The van der Waals surface area contributed by atoms with E-state index in [9.17, 15) is 4.57 Å². The Balaban J connectivity index is 3.22. The highest BCUT2D eigenvalue weighted by molar-refractivity contribution is 7.46. The zero-order valence-corrected chi connectivity index (χ0v) is 7.62. The molecule has 0 heterocycles. The fraction of sp³-hybridized carbons (Fsp3) is 0.833. The van der Waals surface area contributed by atoms with Crippen LogP contribution >= 0.6 is 7.82 Å². The van der Waals surface area contributed by atoms with Crippen molar-refractivity contribution in [1.29, 1.82) is 0 Å². The molecule has 0 atom stereocenters. The second-order valence-corrected chi connectivity index (χ2v) is 3.94. The Hall–Kier alpha value is 0.110. The molecule has 0 aromatic carbocycles. The molecule has 0 unspecified atom stereocenters. The molecule has 0 bridgehead atoms. The van der Waals surface area contributed by atoms with E-state index in [1.54, 1.807) is 6.42 Å². The van der Waals surface area contributed by atoms with E-state index in [0.29, 0.717) is 5.92 Å². The first-order valence-electron chi connectivity index (χ1n) is 3.43. The van der Waals surface area contributed by atoms with E-state index in [-0.39, 0.29) is 6.61 Å². The van der Waals surface area contributed by atoms with Crippen molar-refractivity contribution in [2.24, 2.45) is 5.92 Å². The Kier molecular flexibility index (Phi) is 4.93. The highest BCUT2D eigenvalue weighted by Gasteiger charge is 2.12. The summed E-state index contributed by atoms with van der Waals surface area (Å²) < 4.78 is 14.3. The molecule has 0 aromatic heterocycles. The van der Waals surface area contributed by atoms with Crippen molar-refractivity contribution >= 4 is 7.82 Å². The van der Waals surface area contributed by atoms with Crippen molar-refractivity contribution in [3.63, 3.8) is 0 Å². The second kappa shape index (κ2) is 4.88. The monoisotopic (exact) mass is 181 g/mol. The van der Waals surface area contributed by atoms with Crippen LogP contribution in [0.5, 0.6) is 0 Å². The highest BCUT2D eigenvalue weighted by Crippen LogP contribution is 2.35. The van der Waals surface area contributed by atoms with Crippen LogP contribution in [-0.4, -0.2) is 16.4 Å². The average molecular weight is 181 g/mol. The van der Waals surface area contributed by atoms with E-state index in [0.717, 1.165) is 6.42 Å². The number of hydrogen-bond donors (Lipinski definition) is 2. The maximum Gasteiger partial charge on any atom is 0.469 e. The van der Waals surface area contributed by atoms with Gasteiger partial charge in [-0.25, -0.2) is 4.57 Å². The first-order valence-corrected chi connectivity index (χ1v) is 4.96. The third-order valence-corrected chi connectivity index (χ3v) is 1.48. The zero-order chi connectivity index (χ0) is 8.91. The maximum atomic E-state index is 10.1. The minimum atomic E-state index is -4.26. The first kappa shape index (κ1) is 11.1. The molecule has 0 rings (SSSR count). The molecule has 0 saturated carbocycles. The van der Waals surface area contributed by atoms with Crippen LogP contribution in [0.25, 0.3) is 0 Å². The van der Waals surface area contributed by atoms with Gasteiger partial charge in [0.1, 0.15) is 0 Å². The summed E-state index contributed by atoms with van der Waals surface area (Å²) in [5, 5.41) is 0. The average Bonchev–Trinajstić information content (AvgIpc) is 1.78. The molecule has 4 nitrogen and oxygen atoms in total. The molecule has 0 aliphatic rings. The SMILES string of the molecule is CC(C)C[CH]COP(=O)(O)O. The molecule has 0 saturated heterocycles. The number of phosphoric acid groups is 1. The minimum absolute atomic E-state index is 0.0163.